The first-order chi connectivity index (χ1) is 6.86. The number of rotatable bonds is 1. The van der Waals surface area contributed by atoms with Gasteiger partial charge in [0.25, 0.3) is 0 Å². The highest BCUT2D eigenvalue weighted by molar-refractivity contribution is 9.10. The summed E-state index contributed by atoms with van der Waals surface area (Å²) in [6.45, 7) is 1.58. The van der Waals surface area contributed by atoms with E-state index in [4.69, 9.17) is 4.74 Å². The van der Waals surface area contributed by atoms with Crippen LogP contribution in [0.2, 0.25) is 0 Å². The Hall–Kier alpha value is -0.870. The molecule has 0 spiro atoms. The lowest BCUT2D eigenvalue weighted by molar-refractivity contribution is -0.0225. The molecule has 1 saturated heterocycles. The molecule has 1 aliphatic heterocycles. The molecule has 0 radical (unpaired) electrons. The predicted molar refractivity (Wildman–Crippen MR) is 57.3 cm³/mol. The van der Waals surface area contributed by atoms with Gasteiger partial charge in [0, 0.05) is 0 Å². The summed E-state index contributed by atoms with van der Waals surface area (Å²) in [5.74, 6) is 0. The summed E-state index contributed by atoms with van der Waals surface area (Å²) in [4.78, 5) is 4.44. The van der Waals surface area contributed by atoms with Gasteiger partial charge in [-0.2, -0.15) is 0 Å². The van der Waals surface area contributed by atoms with Crippen molar-refractivity contribution >= 4 is 27.0 Å². The Morgan fingerprint density at radius 1 is 1.36 bits per heavy atom. The van der Waals surface area contributed by atoms with Gasteiger partial charge in [0.05, 0.1) is 30.3 Å². The third-order valence-corrected chi connectivity index (χ3v) is 3.10. The van der Waals surface area contributed by atoms with Gasteiger partial charge >= 0.3 is 0 Å². The fraction of sp³-hybridized carbons (Fsp3) is 0.300. The van der Waals surface area contributed by atoms with E-state index in [0.29, 0.717) is 6.04 Å². The maximum atomic E-state index is 5.19. The van der Waals surface area contributed by atoms with Crippen LogP contribution >= 0.6 is 15.9 Å². The average Bonchev–Trinajstić information content (AvgIpc) is 2.41. The Labute approximate surface area is 89.8 Å². The minimum Gasteiger partial charge on any atom is -0.377 e. The molecule has 1 aromatic heterocycles. The highest BCUT2D eigenvalue weighted by atomic mass is 79.9. The van der Waals surface area contributed by atoms with Gasteiger partial charge in [0.2, 0.25) is 0 Å². The van der Waals surface area contributed by atoms with Crippen molar-refractivity contribution in [3.05, 3.63) is 29.0 Å². The van der Waals surface area contributed by atoms with E-state index in [0.717, 1.165) is 23.5 Å². The van der Waals surface area contributed by atoms with Crippen LogP contribution in [0.3, 0.4) is 0 Å². The molecule has 0 atom stereocenters. The molecule has 0 amide bonds. The topological polar surface area (TPSA) is 27.1 Å². The molecular weight excluding hydrogens is 244 g/mol. The first-order valence-corrected chi connectivity index (χ1v) is 5.36. The maximum absolute atomic E-state index is 5.19. The van der Waals surface area contributed by atoms with Gasteiger partial charge in [0.1, 0.15) is 0 Å². The molecule has 2 aromatic rings. The Kier molecular flexibility index (Phi) is 1.85. The van der Waals surface area contributed by atoms with Crippen LogP contribution in [0.1, 0.15) is 6.04 Å². The number of hydrogen-bond acceptors (Lipinski definition) is 2. The second kappa shape index (κ2) is 3.07. The van der Waals surface area contributed by atoms with E-state index in [9.17, 15) is 0 Å². The molecule has 0 aliphatic carbocycles. The highest BCUT2D eigenvalue weighted by Crippen LogP contribution is 2.28. The first kappa shape index (κ1) is 8.44. The normalized spacial score (nSPS) is 17.2. The molecule has 14 heavy (non-hydrogen) atoms. The number of nitrogens with zero attached hydrogens (tertiary/aromatic N) is 2. The molecule has 72 valence electrons. The molecule has 3 rings (SSSR count). The van der Waals surface area contributed by atoms with E-state index < -0.39 is 0 Å². The fourth-order valence-electron chi connectivity index (χ4n) is 1.73. The van der Waals surface area contributed by atoms with Gasteiger partial charge in [-0.05, 0) is 28.1 Å². The quantitative estimate of drug-likeness (QED) is 0.780. The molecule has 1 aliphatic rings. The number of benzene rings is 1. The molecule has 0 bridgehead atoms. The number of aromatic nitrogens is 2. The molecule has 0 unspecified atom stereocenters. The lowest BCUT2D eigenvalue weighted by atomic mass is 10.2. The predicted octanol–water partition coefficient (Wildman–Crippen LogP) is 2.37. The minimum absolute atomic E-state index is 0.441. The summed E-state index contributed by atoms with van der Waals surface area (Å²) < 4.78 is 8.28. The summed E-state index contributed by atoms with van der Waals surface area (Å²) in [6.07, 6.45) is 0. The van der Waals surface area contributed by atoms with Crippen molar-refractivity contribution in [2.45, 2.75) is 6.04 Å². The largest absolute Gasteiger partial charge is 0.377 e. The Morgan fingerprint density at radius 3 is 2.86 bits per heavy atom. The summed E-state index contributed by atoms with van der Waals surface area (Å²) in [6, 6.07) is 8.59. The van der Waals surface area contributed by atoms with Crippen molar-refractivity contribution in [3.63, 3.8) is 0 Å². The molecule has 4 heteroatoms. The monoisotopic (exact) mass is 252 g/mol. The highest BCUT2D eigenvalue weighted by Gasteiger charge is 2.24. The van der Waals surface area contributed by atoms with E-state index in [2.05, 4.69) is 31.5 Å². The van der Waals surface area contributed by atoms with Crippen molar-refractivity contribution in [3.8, 4) is 0 Å². The van der Waals surface area contributed by atoms with Gasteiger partial charge in [-0.3, -0.25) is 0 Å². The third kappa shape index (κ3) is 1.11. The van der Waals surface area contributed by atoms with Crippen LogP contribution in [0.15, 0.2) is 29.0 Å². The molecular formula is C10H9BrN2O. The molecule has 0 saturated carbocycles. The zero-order valence-electron chi connectivity index (χ0n) is 7.48. The molecule has 1 aromatic carbocycles. The van der Waals surface area contributed by atoms with Gasteiger partial charge in [-0.25, -0.2) is 4.98 Å². The van der Waals surface area contributed by atoms with Crippen molar-refractivity contribution < 1.29 is 4.74 Å². The number of halogens is 1. The lowest BCUT2D eigenvalue weighted by Crippen LogP contribution is -2.30. The zero-order chi connectivity index (χ0) is 9.54. The number of para-hydroxylation sites is 2. The minimum atomic E-state index is 0.441. The number of fused-ring (bicyclic) bond motifs is 1. The first-order valence-electron chi connectivity index (χ1n) is 4.56. The maximum Gasteiger partial charge on any atom is 0.178 e. The Balaban J connectivity index is 2.24. The molecule has 0 N–H and O–H groups in total. The molecule has 1 fully saturated rings. The second-order valence-corrected chi connectivity index (χ2v) is 4.14. The molecule has 2 heterocycles. The van der Waals surface area contributed by atoms with Crippen molar-refractivity contribution in [1.29, 1.82) is 0 Å². The van der Waals surface area contributed by atoms with E-state index in [-0.39, 0.29) is 0 Å². The lowest BCUT2D eigenvalue weighted by Gasteiger charge is -2.28. The standard InChI is InChI=1S/C10H9BrN2O/c11-10-12-8-3-1-2-4-9(8)13(10)7-5-14-6-7/h1-4,7H,5-6H2. The summed E-state index contributed by atoms with van der Waals surface area (Å²) in [7, 11) is 0. The van der Waals surface area contributed by atoms with Crippen LogP contribution in [0, 0.1) is 0 Å². The van der Waals surface area contributed by atoms with Gasteiger partial charge in [-0.1, -0.05) is 12.1 Å². The zero-order valence-corrected chi connectivity index (χ0v) is 9.07. The van der Waals surface area contributed by atoms with E-state index >= 15 is 0 Å². The van der Waals surface area contributed by atoms with Crippen LogP contribution in [0.4, 0.5) is 0 Å². The number of imidazole rings is 1. The van der Waals surface area contributed by atoms with Crippen LogP contribution in [-0.4, -0.2) is 22.8 Å². The van der Waals surface area contributed by atoms with Crippen molar-refractivity contribution in [1.82, 2.24) is 9.55 Å². The summed E-state index contributed by atoms with van der Waals surface area (Å²) in [5.41, 5.74) is 2.21. The number of hydrogen-bond donors (Lipinski definition) is 0. The van der Waals surface area contributed by atoms with Crippen LogP contribution in [0.25, 0.3) is 11.0 Å². The Morgan fingerprint density at radius 2 is 2.14 bits per heavy atom. The van der Waals surface area contributed by atoms with Crippen molar-refractivity contribution in [2.24, 2.45) is 0 Å². The molecule has 3 nitrogen and oxygen atoms in total. The van der Waals surface area contributed by atoms with E-state index in [1.807, 2.05) is 18.2 Å². The van der Waals surface area contributed by atoms with Crippen molar-refractivity contribution in [2.75, 3.05) is 13.2 Å². The van der Waals surface area contributed by atoms with Crippen LogP contribution < -0.4 is 0 Å². The second-order valence-electron chi connectivity index (χ2n) is 3.43. The third-order valence-electron chi connectivity index (χ3n) is 2.54. The summed E-state index contributed by atoms with van der Waals surface area (Å²) in [5, 5.41) is 0. The smallest absolute Gasteiger partial charge is 0.178 e. The van der Waals surface area contributed by atoms with Gasteiger partial charge in [-0.15, -0.1) is 0 Å². The number of ether oxygens (including phenoxy) is 1. The van der Waals surface area contributed by atoms with Gasteiger partial charge in [0.15, 0.2) is 4.73 Å². The Bertz CT molecular complexity index is 476. The van der Waals surface area contributed by atoms with Crippen LogP contribution in [-0.2, 0) is 4.74 Å². The van der Waals surface area contributed by atoms with Gasteiger partial charge < -0.3 is 9.30 Å². The van der Waals surface area contributed by atoms with E-state index in [1.54, 1.807) is 0 Å². The average molecular weight is 253 g/mol. The SMILES string of the molecule is Brc1nc2ccccc2n1C1COC1. The summed E-state index contributed by atoms with van der Waals surface area (Å²) >= 11 is 3.48. The fourth-order valence-corrected chi connectivity index (χ4v) is 2.41. The van der Waals surface area contributed by atoms with Crippen LogP contribution in [0.5, 0.6) is 0 Å². The van der Waals surface area contributed by atoms with E-state index in [1.165, 1.54) is 5.52 Å².